The highest BCUT2D eigenvalue weighted by Crippen LogP contribution is 2.34. The van der Waals surface area contributed by atoms with Crippen LogP contribution in [0.25, 0.3) is 0 Å². The van der Waals surface area contributed by atoms with Crippen LogP contribution >= 0.6 is 20.1 Å². The van der Waals surface area contributed by atoms with Crippen molar-refractivity contribution in [2.45, 2.75) is 12.8 Å². The third-order valence-corrected chi connectivity index (χ3v) is 5.68. The molecule has 0 bridgehead atoms. The predicted octanol–water partition coefficient (Wildman–Crippen LogP) is 3.90. The van der Waals surface area contributed by atoms with Crippen molar-refractivity contribution in [1.82, 2.24) is 0 Å². The number of benzene rings is 2. The van der Waals surface area contributed by atoms with Gasteiger partial charge in [-0.15, -0.1) is 0 Å². The molecule has 0 unspecified atom stereocenters. The lowest BCUT2D eigenvalue weighted by Gasteiger charge is -2.18. The second kappa shape index (κ2) is 7.41. The molecule has 0 spiro atoms. The van der Waals surface area contributed by atoms with Crippen molar-refractivity contribution in [3.05, 3.63) is 60.7 Å². The zero-order valence-electron chi connectivity index (χ0n) is 10.3. The summed E-state index contributed by atoms with van der Waals surface area (Å²) in [6.45, 7) is 0. The van der Waals surface area contributed by atoms with Gasteiger partial charge in [-0.1, -0.05) is 72.9 Å². The van der Waals surface area contributed by atoms with Crippen LogP contribution in [0.3, 0.4) is 0 Å². The molecule has 0 aromatic heterocycles. The molecule has 2 rings (SSSR count). The average molecular weight is 272 g/mol. The summed E-state index contributed by atoms with van der Waals surface area (Å²) >= 11 is 4.92. The molecule has 2 aromatic carbocycles. The predicted molar refractivity (Wildman–Crippen MR) is 86.8 cm³/mol. The van der Waals surface area contributed by atoms with Crippen LogP contribution < -0.4 is 10.6 Å². The smallest absolute Gasteiger partial charge is 0.0195 e. The van der Waals surface area contributed by atoms with Gasteiger partial charge >= 0.3 is 0 Å². The second-order valence-electron chi connectivity index (χ2n) is 4.13. The van der Waals surface area contributed by atoms with Gasteiger partial charge in [-0.05, 0) is 42.9 Å². The molecule has 0 aliphatic carbocycles. The summed E-state index contributed by atoms with van der Waals surface area (Å²) in [5, 5.41) is 4.77. The van der Waals surface area contributed by atoms with Crippen LogP contribution in [0.1, 0.15) is 12.8 Å². The van der Waals surface area contributed by atoms with Gasteiger partial charge in [0.05, 0.1) is 0 Å². The minimum atomic E-state index is -0.229. The SMILES string of the molecule is S=CCCCP(c1ccccc1)c1ccccc1. The maximum atomic E-state index is 4.92. The molecule has 0 radical (unpaired) electrons. The fraction of sp³-hybridized carbons (Fsp3) is 0.188. The minimum Gasteiger partial charge on any atom is -0.0935 e. The molecular weight excluding hydrogens is 255 g/mol. The molecule has 0 amide bonds. The van der Waals surface area contributed by atoms with Gasteiger partial charge in [-0.2, -0.15) is 0 Å². The van der Waals surface area contributed by atoms with Crippen LogP contribution in [0.2, 0.25) is 0 Å². The van der Waals surface area contributed by atoms with E-state index in [-0.39, 0.29) is 7.92 Å². The molecule has 0 aliphatic rings. The van der Waals surface area contributed by atoms with Crippen LogP contribution in [-0.4, -0.2) is 11.5 Å². The molecule has 0 N–H and O–H groups in total. The summed E-state index contributed by atoms with van der Waals surface area (Å²) in [7, 11) is -0.229. The van der Waals surface area contributed by atoms with Crippen molar-refractivity contribution in [3.63, 3.8) is 0 Å². The number of thiocarbonyl (C=S) groups is 1. The Bertz CT molecular complexity index is 427. The average Bonchev–Trinajstić information content (AvgIpc) is 2.46. The van der Waals surface area contributed by atoms with E-state index in [4.69, 9.17) is 12.2 Å². The van der Waals surface area contributed by atoms with Crippen molar-refractivity contribution in [1.29, 1.82) is 0 Å². The van der Waals surface area contributed by atoms with Gasteiger partial charge in [0.1, 0.15) is 0 Å². The van der Waals surface area contributed by atoms with Crippen molar-refractivity contribution < 1.29 is 0 Å². The Morgan fingerprint density at radius 3 is 1.78 bits per heavy atom. The first-order chi connectivity index (χ1) is 8.92. The maximum Gasteiger partial charge on any atom is -0.0195 e. The van der Waals surface area contributed by atoms with Gasteiger partial charge in [0.15, 0.2) is 0 Å². The molecule has 0 heterocycles. The monoisotopic (exact) mass is 272 g/mol. The highest BCUT2D eigenvalue weighted by atomic mass is 32.1. The molecule has 92 valence electrons. The van der Waals surface area contributed by atoms with E-state index in [0.717, 1.165) is 6.42 Å². The first-order valence-corrected chi connectivity index (χ1v) is 8.23. The van der Waals surface area contributed by atoms with E-state index in [1.165, 1.54) is 23.2 Å². The van der Waals surface area contributed by atoms with Gasteiger partial charge in [-0.3, -0.25) is 0 Å². The summed E-state index contributed by atoms with van der Waals surface area (Å²) in [5.41, 5.74) is 0. The van der Waals surface area contributed by atoms with Crippen molar-refractivity contribution in [2.24, 2.45) is 0 Å². The Morgan fingerprint density at radius 1 is 0.833 bits per heavy atom. The minimum absolute atomic E-state index is 0.229. The number of hydrogen-bond donors (Lipinski definition) is 0. The van der Waals surface area contributed by atoms with Crippen molar-refractivity contribution >= 4 is 36.1 Å². The first-order valence-electron chi connectivity index (χ1n) is 6.23. The number of unbranched alkanes of at least 4 members (excludes halogenated alkanes) is 1. The van der Waals surface area contributed by atoms with Crippen LogP contribution in [-0.2, 0) is 0 Å². The number of hydrogen-bond acceptors (Lipinski definition) is 1. The van der Waals surface area contributed by atoms with Crippen molar-refractivity contribution in [3.8, 4) is 0 Å². The van der Waals surface area contributed by atoms with E-state index in [0.29, 0.717) is 0 Å². The molecule has 2 aromatic rings. The van der Waals surface area contributed by atoms with E-state index >= 15 is 0 Å². The molecule has 0 nitrogen and oxygen atoms in total. The van der Waals surface area contributed by atoms with Crippen LogP contribution in [0.5, 0.6) is 0 Å². The lowest BCUT2D eigenvalue weighted by molar-refractivity contribution is 1.03. The van der Waals surface area contributed by atoms with Crippen LogP contribution in [0.4, 0.5) is 0 Å². The molecule has 0 aliphatic heterocycles. The fourth-order valence-electron chi connectivity index (χ4n) is 1.96. The second-order valence-corrected chi connectivity index (χ2v) is 6.80. The van der Waals surface area contributed by atoms with Gasteiger partial charge in [0, 0.05) is 0 Å². The molecule has 2 heteroatoms. The molecule has 18 heavy (non-hydrogen) atoms. The Hall–Kier alpha value is -1.04. The van der Waals surface area contributed by atoms with Crippen LogP contribution in [0.15, 0.2) is 60.7 Å². The summed E-state index contributed by atoms with van der Waals surface area (Å²) in [6, 6.07) is 21.7. The van der Waals surface area contributed by atoms with Crippen molar-refractivity contribution in [2.75, 3.05) is 6.16 Å². The zero-order valence-corrected chi connectivity index (χ0v) is 12.0. The van der Waals surface area contributed by atoms with Gasteiger partial charge in [0.25, 0.3) is 0 Å². The van der Waals surface area contributed by atoms with E-state index in [1.807, 2.05) is 5.37 Å². The third kappa shape index (κ3) is 3.73. The quantitative estimate of drug-likeness (QED) is 0.436. The normalized spacial score (nSPS) is 10.5. The van der Waals surface area contributed by atoms with E-state index in [2.05, 4.69) is 60.7 Å². The number of rotatable bonds is 6. The summed E-state index contributed by atoms with van der Waals surface area (Å²) in [6.07, 6.45) is 3.43. The molecular formula is C16H17PS. The van der Waals surface area contributed by atoms with Gasteiger partial charge < -0.3 is 0 Å². The molecule has 0 atom stereocenters. The van der Waals surface area contributed by atoms with E-state index in [9.17, 15) is 0 Å². The zero-order chi connectivity index (χ0) is 12.6. The first kappa shape index (κ1) is 13.4. The van der Waals surface area contributed by atoms with E-state index < -0.39 is 0 Å². The molecule has 0 fully saturated rings. The molecule has 0 saturated heterocycles. The Kier molecular flexibility index (Phi) is 5.51. The highest BCUT2D eigenvalue weighted by molar-refractivity contribution is 7.79. The lowest BCUT2D eigenvalue weighted by atomic mass is 10.4. The van der Waals surface area contributed by atoms with Gasteiger partial charge in [-0.25, -0.2) is 0 Å². The molecule has 0 saturated carbocycles. The third-order valence-electron chi connectivity index (χ3n) is 2.84. The summed E-state index contributed by atoms with van der Waals surface area (Å²) in [4.78, 5) is 0. The maximum absolute atomic E-state index is 4.92. The van der Waals surface area contributed by atoms with Crippen LogP contribution in [0, 0.1) is 0 Å². The lowest BCUT2D eigenvalue weighted by Crippen LogP contribution is -2.13. The summed E-state index contributed by atoms with van der Waals surface area (Å²) < 4.78 is 0. The Balaban J connectivity index is 2.21. The standard InChI is InChI=1S/C16H17PS/c18-14-8-7-13-17(15-9-3-1-4-10-15)16-11-5-2-6-12-16/h1-6,9-12,14H,7-8,13H2. The summed E-state index contributed by atoms with van der Waals surface area (Å²) in [5.74, 6) is 0. The topological polar surface area (TPSA) is 0 Å². The van der Waals surface area contributed by atoms with Gasteiger partial charge in [0.2, 0.25) is 0 Å². The largest absolute Gasteiger partial charge is 0.0935 e. The van der Waals surface area contributed by atoms with E-state index in [1.54, 1.807) is 0 Å². The Morgan fingerprint density at radius 2 is 1.33 bits per heavy atom. The fourth-order valence-corrected chi connectivity index (χ4v) is 4.50. The Labute approximate surface area is 116 Å². The highest BCUT2D eigenvalue weighted by Gasteiger charge is 2.12.